The molecular formula is C74H94MnN8Zn. The van der Waals surface area contributed by atoms with Crippen LogP contribution in [-0.2, 0) is 101 Å². The van der Waals surface area contributed by atoms with Crippen molar-refractivity contribution < 1.29 is 36.5 Å². The number of nitrogens with zero attached hydrogens (tertiary/aromatic N) is 4. The number of aromatic amines is 4. The smallest absolute Gasteiger partial charge is 0.0726 e. The predicted octanol–water partition coefficient (Wildman–Crippen LogP) is 20.1. The molecule has 4 N–H and O–H groups in total. The average Bonchev–Trinajstić information content (AvgIpc) is 2.86. The summed E-state index contributed by atoms with van der Waals surface area (Å²) in [5.74, 6) is 0. The van der Waals surface area contributed by atoms with E-state index in [4.69, 9.17) is 19.9 Å². The fourth-order valence-electron chi connectivity index (χ4n) is 15.3. The van der Waals surface area contributed by atoms with Crippen LogP contribution in [0.1, 0.15) is 263 Å². The van der Waals surface area contributed by atoms with Gasteiger partial charge in [0.25, 0.3) is 0 Å². The van der Waals surface area contributed by atoms with E-state index in [1.807, 2.05) is 0 Å². The summed E-state index contributed by atoms with van der Waals surface area (Å²) >= 11 is 0. The first-order chi connectivity index (χ1) is 39.9. The van der Waals surface area contributed by atoms with Crippen molar-refractivity contribution >= 4 is 88.7 Å². The van der Waals surface area contributed by atoms with E-state index in [1.54, 1.807) is 0 Å². The number of allylic oxidation sites excluding steroid dienone is 8. The zero-order valence-electron chi connectivity index (χ0n) is 54.1. The zero-order chi connectivity index (χ0) is 58.3. The van der Waals surface area contributed by atoms with Crippen molar-refractivity contribution in [2.45, 2.75) is 226 Å². The SMILES string of the molecule is CCC1=C(CC)c2nc1cc1[nH]c(cc3[nH]c(cc4nc(c2CCc2c5nc(cc6[nH]c(cc7[nH]c(cc8nc2C(CC)=C8CC)c(CC)c7CC)c(CC)c6CC)C(CC)=C5CC)C(CC)=C4CC)c(CC)c3CC)c(CC)c1CC.[Mn].[Zn]. The van der Waals surface area contributed by atoms with Gasteiger partial charge in [0.1, 0.15) is 0 Å². The first-order valence-electron chi connectivity index (χ1n) is 32.4. The third kappa shape index (κ3) is 10.9. The molecule has 6 aromatic heterocycles. The molecule has 84 heavy (non-hydrogen) atoms. The van der Waals surface area contributed by atoms with Crippen LogP contribution in [0.5, 0.6) is 0 Å². The maximum Gasteiger partial charge on any atom is 0.0726 e. The van der Waals surface area contributed by atoms with Crippen LogP contribution in [0.15, 0.2) is 36.4 Å². The molecule has 0 atom stereocenters. The van der Waals surface area contributed by atoms with Crippen molar-refractivity contribution in [1.82, 2.24) is 39.9 Å². The van der Waals surface area contributed by atoms with Gasteiger partial charge in [0, 0.05) is 91.8 Å². The molecule has 0 spiro atoms. The van der Waals surface area contributed by atoms with E-state index in [-0.39, 0.29) is 36.5 Å². The number of H-pyrrole nitrogens is 4. The molecule has 0 aromatic carbocycles. The van der Waals surface area contributed by atoms with Gasteiger partial charge >= 0.3 is 0 Å². The normalized spacial score (nSPS) is 13.5. The van der Waals surface area contributed by atoms with Crippen molar-refractivity contribution in [3.8, 4) is 0 Å². The summed E-state index contributed by atoms with van der Waals surface area (Å²) in [6, 6.07) is 14.3. The number of fused-ring (bicyclic) bond motifs is 16. The number of rotatable bonds is 19. The number of nitrogens with one attached hydrogen (secondary N) is 4. The Morgan fingerprint density at radius 2 is 0.393 bits per heavy atom. The van der Waals surface area contributed by atoms with E-state index >= 15 is 0 Å². The Kier molecular flexibility index (Phi) is 21.0. The fraction of sp³-hybridized carbons (Fsp3) is 0.459. The Morgan fingerprint density at radius 3 is 0.548 bits per heavy atom. The van der Waals surface area contributed by atoms with Gasteiger partial charge in [0.05, 0.1) is 45.6 Å². The second kappa shape index (κ2) is 27.4. The standard InChI is InChI=1S/C74H94N8.Mn.Zn/c1-17-41-45(21-5)63-37-67-49(25-9)53(29-13)71(79-67)57(72-54(30-14)50(26-10)68(80-72)38-64-46(22-6)42(18-2)60(76-64)35-59(41)75-63)33-34-58-73-55(31-15)51(27-11)69(81-73)39-65-47(23-7)43(19-3)61(77-65)36-62-44(20-4)48(24-8)66(78-62)40-70-52(28-12)56(32-16)74(58)82-70;;/h35-40,75-78H,17-34H2,1-16H3;;. The third-order valence-electron chi connectivity index (χ3n) is 19.0. The maximum absolute atomic E-state index is 5.93. The van der Waals surface area contributed by atoms with Crippen LogP contribution in [0.4, 0.5) is 0 Å². The van der Waals surface area contributed by atoms with Gasteiger partial charge in [-0.1, -0.05) is 111 Å². The van der Waals surface area contributed by atoms with Gasteiger partial charge in [-0.05, 0) is 241 Å². The minimum atomic E-state index is 0. The maximum atomic E-state index is 5.93. The van der Waals surface area contributed by atoms with Crippen LogP contribution in [0.3, 0.4) is 0 Å². The van der Waals surface area contributed by atoms with E-state index < -0.39 is 0 Å². The molecule has 10 heteroatoms. The van der Waals surface area contributed by atoms with Crippen molar-refractivity contribution in [2.75, 3.05) is 0 Å². The van der Waals surface area contributed by atoms with E-state index in [2.05, 4.69) is 167 Å². The molecule has 4 aliphatic rings. The van der Waals surface area contributed by atoms with Crippen LogP contribution < -0.4 is 0 Å². The summed E-state index contributed by atoms with van der Waals surface area (Å²) < 4.78 is 0. The molecule has 0 saturated heterocycles. The van der Waals surface area contributed by atoms with Gasteiger partial charge in [-0.2, -0.15) is 0 Å². The molecule has 0 amide bonds. The minimum absolute atomic E-state index is 0. The number of aryl methyl sites for hydroxylation is 8. The van der Waals surface area contributed by atoms with Gasteiger partial charge in [0.2, 0.25) is 0 Å². The van der Waals surface area contributed by atoms with Crippen LogP contribution in [0.25, 0.3) is 88.7 Å². The molecule has 0 unspecified atom stereocenters. The largest absolute Gasteiger partial charge is 0.355 e. The van der Waals surface area contributed by atoms with E-state index in [1.165, 1.54) is 144 Å². The summed E-state index contributed by atoms with van der Waals surface area (Å²) in [5.41, 5.74) is 42.4. The molecule has 0 aliphatic carbocycles. The first kappa shape index (κ1) is 64.3. The Hall–Kier alpha value is -5.66. The average molecular weight is 1220 g/mol. The topological polar surface area (TPSA) is 115 Å². The van der Waals surface area contributed by atoms with Crippen molar-refractivity contribution in [3.63, 3.8) is 0 Å². The van der Waals surface area contributed by atoms with Crippen LogP contribution in [0, 0.1) is 0 Å². The Labute approximate surface area is 525 Å². The van der Waals surface area contributed by atoms with Gasteiger partial charge in [-0.3, -0.25) is 0 Å². The molecule has 0 fully saturated rings. The fourth-order valence-corrected chi connectivity index (χ4v) is 15.3. The summed E-state index contributed by atoms with van der Waals surface area (Å²) in [5, 5.41) is 0. The molecule has 439 valence electrons. The summed E-state index contributed by atoms with van der Waals surface area (Å²) in [6.45, 7) is 37.1. The molecule has 4 aliphatic heterocycles. The molecular weight excluding hydrogens is 1120 g/mol. The van der Waals surface area contributed by atoms with Gasteiger partial charge in [-0.25, -0.2) is 19.9 Å². The summed E-state index contributed by atoms with van der Waals surface area (Å²) in [6.07, 6.45) is 16.1. The van der Waals surface area contributed by atoms with E-state index in [0.29, 0.717) is 0 Å². The monoisotopic (exact) mass is 1210 g/mol. The zero-order valence-corrected chi connectivity index (χ0v) is 58.2. The van der Waals surface area contributed by atoms with Gasteiger partial charge in [0.15, 0.2) is 0 Å². The number of aromatic nitrogens is 8. The quantitative estimate of drug-likeness (QED) is 0.0605. The molecule has 0 saturated carbocycles. The van der Waals surface area contributed by atoms with Crippen molar-refractivity contribution in [2.24, 2.45) is 0 Å². The Balaban J connectivity index is 0.00000460. The van der Waals surface area contributed by atoms with Crippen LogP contribution in [-0.4, -0.2) is 39.9 Å². The van der Waals surface area contributed by atoms with Crippen LogP contribution >= 0.6 is 0 Å². The van der Waals surface area contributed by atoms with E-state index in [0.717, 1.165) is 161 Å². The molecule has 10 heterocycles. The Morgan fingerprint density at radius 1 is 0.226 bits per heavy atom. The summed E-state index contributed by atoms with van der Waals surface area (Å²) in [4.78, 5) is 39.7. The predicted molar refractivity (Wildman–Crippen MR) is 354 cm³/mol. The molecule has 1 radical (unpaired) electrons. The van der Waals surface area contributed by atoms with Crippen molar-refractivity contribution in [3.05, 3.63) is 138 Å². The molecule has 16 bridgehead atoms. The second-order valence-electron chi connectivity index (χ2n) is 22.8. The van der Waals surface area contributed by atoms with Crippen molar-refractivity contribution in [1.29, 1.82) is 0 Å². The van der Waals surface area contributed by atoms with E-state index in [9.17, 15) is 0 Å². The second-order valence-corrected chi connectivity index (χ2v) is 22.8. The Bertz CT molecular complexity index is 3500. The van der Waals surface area contributed by atoms with Crippen LogP contribution in [0.2, 0.25) is 0 Å². The molecule has 8 nitrogen and oxygen atoms in total. The van der Waals surface area contributed by atoms with Gasteiger partial charge < -0.3 is 19.9 Å². The van der Waals surface area contributed by atoms with Gasteiger partial charge in [-0.15, -0.1) is 0 Å². The third-order valence-corrected chi connectivity index (χ3v) is 19.0. The molecule has 6 aromatic rings. The molecule has 10 rings (SSSR count). The first-order valence-corrected chi connectivity index (χ1v) is 32.4. The number of hydrogen-bond donors (Lipinski definition) is 4. The summed E-state index contributed by atoms with van der Waals surface area (Å²) in [7, 11) is 0. The minimum Gasteiger partial charge on any atom is -0.355 e. The number of hydrogen-bond acceptors (Lipinski definition) is 4.